The first-order valence-corrected chi connectivity index (χ1v) is 5.89. The lowest BCUT2D eigenvalue weighted by Gasteiger charge is -2.23. The van der Waals surface area contributed by atoms with Gasteiger partial charge in [0.05, 0.1) is 6.42 Å². The van der Waals surface area contributed by atoms with Crippen LogP contribution in [0, 0.1) is 0 Å². The Bertz CT molecular complexity index is 209. The summed E-state index contributed by atoms with van der Waals surface area (Å²) >= 11 is 0. The van der Waals surface area contributed by atoms with E-state index in [0.29, 0.717) is 6.54 Å². The van der Waals surface area contributed by atoms with E-state index in [4.69, 9.17) is 5.11 Å². The Morgan fingerprint density at radius 1 is 1.00 bits per heavy atom. The van der Waals surface area contributed by atoms with Gasteiger partial charge in [0.15, 0.2) is 0 Å². The molecule has 0 aromatic heterocycles. The van der Waals surface area contributed by atoms with Crippen LogP contribution < -0.4 is 0 Å². The Balaban J connectivity index is 2.39. The van der Waals surface area contributed by atoms with Crippen molar-refractivity contribution >= 4 is 5.97 Å². The van der Waals surface area contributed by atoms with Crippen LogP contribution in [0.5, 0.6) is 0 Å². The zero-order valence-corrected chi connectivity index (χ0v) is 10.4. The number of nitrogens with zero attached hydrogens (tertiary/aromatic N) is 3. The second-order valence-electron chi connectivity index (χ2n) is 4.59. The number of likely N-dealkylation sites (N-methyl/N-ethyl adjacent to an activating group) is 2. The van der Waals surface area contributed by atoms with Gasteiger partial charge in [0.1, 0.15) is 0 Å². The molecule has 0 spiro atoms. The van der Waals surface area contributed by atoms with E-state index in [1.807, 2.05) is 0 Å². The van der Waals surface area contributed by atoms with Gasteiger partial charge in [-0.25, -0.2) is 0 Å². The van der Waals surface area contributed by atoms with Crippen molar-refractivity contribution in [3.63, 3.8) is 0 Å². The van der Waals surface area contributed by atoms with Crippen molar-refractivity contribution in [2.75, 3.05) is 59.9 Å². The van der Waals surface area contributed by atoms with Gasteiger partial charge in [0.25, 0.3) is 0 Å². The van der Waals surface area contributed by atoms with Crippen molar-refractivity contribution in [2.45, 2.75) is 6.42 Å². The molecule has 0 aromatic rings. The first-order valence-electron chi connectivity index (χ1n) is 5.89. The molecule has 1 fully saturated rings. The smallest absolute Gasteiger partial charge is 0.304 e. The van der Waals surface area contributed by atoms with Crippen LogP contribution in [0.1, 0.15) is 6.42 Å². The second kappa shape index (κ2) is 6.83. The van der Waals surface area contributed by atoms with Crippen LogP contribution in [0.25, 0.3) is 0 Å². The standard InChI is InChI=1S/C11H23N3O2/c1-12-5-6-13(2)8-10-14(9-7-12)4-3-11(15)16/h3-10H2,1-2H3,(H,15,16). The molecule has 1 N–H and O–H groups in total. The second-order valence-corrected chi connectivity index (χ2v) is 4.59. The Kier molecular flexibility index (Phi) is 5.73. The summed E-state index contributed by atoms with van der Waals surface area (Å²) in [5, 5.41) is 8.68. The summed E-state index contributed by atoms with van der Waals surface area (Å²) in [6.07, 6.45) is 0.243. The Hall–Kier alpha value is -0.650. The van der Waals surface area contributed by atoms with E-state index in [2.05, 4.69) is 28.8 Å². The van der Waals surface area contributed by atoms with Crippen molar-refractivity contribution in [1.82, 2.24) is 14.7 Å². The molecule has 0 unspecified atom stereocenters. The van der Waals surface area contributed by atoms with Crippen LogP contribution in [-0.2, 0) is 4.79 Å². The molecule has 1 rings (SSSR count). The van der Waals surface area contributed by atoms with E-state index in [1.54, 1.807) is 0 Å². The highest BCUT2D eigenvalue weighted by Gasteiger charge is 2.12. The van der Waals surface area contributed by atoms with Crippen LogP contribution >= 0.6 is 0 Å². The summed E-state index contributed by atoms with van der Waals surface area (Å²) < 4.78 is 0. The number of hydrogen-bond donors (Lipinski definition) is 1. The normalized spacial score (nSPS) is 22.4. The van der Waals surface area contributed by atoms with Crippen LogP contribution in [0.2, 0.25) is 0 Å². The van der Waals surface area contributed by atoms with E-state index >= 15 is 0 Å². The van der Waals surface area contributed by atoms with E-state index in [0.717, 1.165) is 39.3 Å². The molecule has 0 radical (unpaired) electrons. The quantitative estimate of drug-likeness (QED) is 0.716. The molecule has 0 atom stereocenters. The lowest BCUT2D eigenvalue weighted by atomic mass is 10.3. The monoisotopic (exact) mass is 229 g/mol. The van der Waals surface area contributed by atoms with Crippen molar-refractivity contribution in [1.29, 1.82) is 0 Å². The van der Waals surface area contributed by atoms with Gasteiger partial charge in [-0.3, -0.25) is 4.79 Å². The molecule has 5 nitrogen and oxygen atoms in total. The first-order chi connectivity index (χ1) is 7.58. The molecule has 16 heavy (non-hydrogen) atoms. The molecular weight excluding hydrogens is 206 g/mol. The van der Waals surface area contributed by atoms with Gasteiger partial charge in [-0.15, -0.1) is 0 Å². The third-order valence-electron chi connectivity index (χ3n) is 3.10. The van der Waals surface area contributed by atoms with Gasteiger partial charge < -0.3 is 19.8 Å². The van der Waals surface area contributed by atoms with Gasteiger partial charge in [0, 0.05) is 45.8 Å². The highest BCUT2D eigenvalue weighted by molar-refractivity contribution is 5.66. The third-order valence-corrected chi connectivity index (χ3v) is 3.10. The predicted molar refractivity (Wildman–Crippen MR) is 63.7 cm³/mol. The van der Waals surface area contributed by atoms with E-state index in [9.17, 15) is 4.79 Å². The maximum absolute atomic E-state index is 10.5. The average Bonchev–Trinajstić information content (AvgIpc) is 2.30. The predicted octanol–water partition coefficient (Wildman–Crippen LogP) is -0.360. The lowest BCUT2D eigenvalue weighted by Crippen LogP contribution is -2.36. The van der Waals surface area contributed by atoms with Gasteiger partial charge in [0.2, 0.25) is 0 Å². The summed E-state index contributed by atoms with van der Waals surface area (Å²) in [4.78, 5) is 17.4. The van der Waals surface area contributed by atoms with Gasteiger partial charge in [-0.1, -0.05) is 0 Å². The van der Waals surface area contributed by atoms with Gasteiger partial charge in [-0.2, -0.15) is 0 Å². The first kappa shape index (κ1) is 13.4. The van der Waals surface area contributed by atoms with Crippen LogP contribution in [-0.4, -0.2) is 85.7 Å². The molecule has 1 aliphatic rings. The van der Waals surface area contributed by atoms with Crippen LogP contribution in [0.3, 0.4) is 0 Å². The van der Waals surface area contributed by atoms with E-state index in [1.165, 1.54) is 0 Å². The Morgan fingerprint density at radius 2 is 1.44 bits per heavy atom. The highest BCUT2D eigenvalue weighted by Crippen LogP contribution is 1.98. The highest BCUT2D eigenvalue weighted by atomic mass is 16.4. The fourth-order valence-corrected chi connectivity index (χ4v) is 1.78. The molecule has 1 saturated heterocycles. The summed E-state index contributed by atoms with van der Waals surface area (Å²) in [5.41, 5.74) is 0. The van der Waals surface area contributed by atoms with Crippen molar-refractivity contribution in [3.8, 4) is 0 Å². The van der Waals surface area contributed by atoms with Crippen molar-refractivity contribution in [3.05, 3.63) is 0 Å². The molecule has 94 valence electrons. The van der Waals surface area contributed by atoms with Gasteiger partial charge >= 0.3 is 5.97 Å². The summed E-state index contributed by atoms with van der Waals surface area (Å²) in [6, 6.07) is 0. The SMILES string of the molecule is CN1CCN(C)CCN(CCC(=O)O)CC1. The van der Waals surface area contributed by atoms with Crippen LogP contribution in [0.4, 0.5) is 0 Å². The maximum atomic E-state index is 10.5. The minimum atomic E-state index is -0.707. The molecular formula is C11H23N3O2. The number of rotatable bonds is 3. The molecule has 5 heteroatoms. The number of carboxylic acid groups (broad SMARTS) is 1. The summed E-state index contributed by atoms with van der Waals surface area (Å²) in [7, 11) is 4.24. The Morgan fingerprint density at radius 3 is 1.88 bits per heavy atom. The fraction of sp³-hybridized carbons (Fsp3) is 0.909. The average molecular weight is 229 g/mol. The molecule has 1 aliphatic heterocycles. The number of hydrogen-bond acceptors (Lipinski definition) is 4. The zero-order valence-electron chi connectivity index (χ0n) is 10.4. The topological polar surface area (TPSA) is 47.0 Å². The summed E-state index contributed by atoms with van der Waals surface area (Å²) in [5.74, 6) is -0.707. The third kappa shape index (κ3) is 5.44. The molecule has 0 aromatic carbocycles. The molecule has 0 bridgehead atoms. The van der Waals surface area contributed by atoms with E-state index < -0.39 is 5.97 Å². The van der Waals surface area contributed by atoms with Crippen molar-refractivity contribution < 1.29 is 9.90 Å². The minimum Gasteiger partial charge on any atom is -0.481 e. The molecule has 0 aliphatic carbocycles. The Labute approximate surface area is 97.6 Å². The van der Waals surface area contributed by atoms with Crippen LogP contribution in [0.15, 0.2) is 0 Å². The summed E-state index contributed by atoms with van der Waals surface area (Å²) in [6.45, 7) is 6.82. The number of carbonyl (C=O) groups is 1. The van der Waals surface area contributed by atoms with E-state index in [-0.39, 0.29) is 6.42 Å². The molecule has 0 amide bonds. The molecule has 1 heterocycles. The number of aliphatic carboxylic acids is 1. The van der Waals surface area contributed by atoms with Crippen molar-refractivity contribution in [2.24, 2.45) is 0 Å². The minimum absolute atomic E-state index is 0.243. The zero-order chi connectivity index (χ0) is 12.0. The maximum Gasteiger partial charge on any atom is 0.304 e. The lowest BCUT2D eigenvalue weighted by molar-refractivity contribution is -0.137. The largest absolute Gasteiger partial charge is 0.481 e. The molecule has 0 saturated carbocycles. The number of carboxylic acids is 1. The fourth-order valence-electron chi connectivity index (χ4n) is 1.78. The van der Waals surface area contributed by atoms with Gasteiger partial charge in [-0.05, 0) is 14.1 Å².